The number of nitro benzene ring substituents is 1. The Labute approximate surface area is 120 Å². The Hall–Kier alpha value is -1.46. The van der Waals surface area contributed by atoms with E-state index in [-0.39, 0.29) is 10.6 Å². The van der Waals surface area contributed by atoms with Gasteiger partial charge in [0, 0.05) is 24.7 Å². The van der Waals surface area contributed by atoms with Crippen LogP contribution in [0.1, 0.15) is 25.3 Å². The molecule has 0 saturated carbocycles. The van der Waals surface area contributed by atoms with E-state index in [1.165, 1.54) is 12.8 Å². The third-order valence-corrected chi connectivity index (χ3v) is 4.25. The summed E-state index contributed by atoms with van der Waals surface area (Å²) in [7, 11) is 2.15. The Morgan fingerprint density at radius 1 is 1.35 bits per heavy atom. The van der Waals surface area contributed by atoms with E-state index in [4.69, 9.17) is 0 Å². The molecule has 5 heteroatoms. The molecule has 1 aliphatic heterocycles. The van der Waals surface area contributed by atoms with Crippen molar-refractivity contribution in [3.63, 3.8) is 0 Å². The van der Waals surface area contributed by atoms with Crippen molar-refractivity contribution < 1.29 is 4.92 Å². The van der Waals surface area contributed by atoms with Crippen LogP contribution in [-0.4, -0.2) is 36.5 Å². The second kappa shape index (κ2) is 6.33. The molecule has 2 rings (SSSR count). The van der Waals surface area contributed by atoms with Crippen LogP contribution in [0.4, 0.5) is 5.69 Å². The normalized spacial score (nSPS) is 18.9. The van der Waals surface area contributed by atoms with Crippen LogP contribution in [0, 0.1) is 15.5 Å². The Morgan fingerprint density at radius 2 is 2.00 bits per heavy atom. The Kier molecular flexibility index (Phi) is 4.73. The van der Waals surface area contributed by atoms with Crippen LogP contribution in [0.3, 0.4) is 0 Å². The van der Waals surface area contributed by atoms with E-state index in [2.05, 4.69) is 24.2 Å². The molecular weight excluding hydrogens is 254 g/mol. The summed E-state index contributed by atoms with van der Waals surface area (Å²) >= 11 is 0. The van der Waals surface area contributed by atoms with Gasteiger partial charge in [-0.2, -0.15) is 0 Å². The molecule has 0 aromatic heterocycles. The van der Waals surface area contributed by atoms with Gasteiger partial charge < -0.3 is 10.2 Å². The number of benzene rings is 1. The maximum absolute atomic E-state index is 11.0. The molecule has 1 fully saturated rings. The van der Waals surface area contributed by atoms with Crippen LogP contribution < -0.4 is 5.32 Å². The van der Waals surface area contributed by atoms with Crippen molar-refractivity contribution in [1.82, 2.24) is 10.2 Å². The maximum atomic E-state index is 11.0. The molecule has 1 heterocycles. The lowest BCUT2D eigenvalue weighted by molar-refractivity contribution is -0.385. The first-order valence-electron chi connectivity index (χ1n) is 7.12. The standard InChI is InChI=1S/C15H23N3O2/c1-15(7-9-17(2)10-8-15)12-16-11-13-5-3-4-6-14(13)18(19)20/h3-6,16H,7-12H2,1-2H3. The smallest absolute Gasteiger partial charge is 0.273 e. The minimum Gasteiger partial charge on any atom is -0.312 e. The number of rotatable bonds is 5. The number of piperidine rings is 1. The fourth-order valence-electron chi connectivity index (χ4n) is 2.67. The molecule has 110 valence electrons. The molecule has 1 saturated heterocycles. The lowest BCUT2D eigenvalue weighted by atomic mass is 9.80. The predicted octanol–water partition coefficient (Wildman–Crippen LogP) is 2.42. The molecule has 0 bridgehead atoms. The highest BCUT2D eigenvalue weighted by Gasteiger charge is 2.28. The molecular formula is C15H23N3O2. The van der Waals surface area contributed by atoms with Crippen LogP contribution >= 0.6 is 0 Å². The molecule has 0 radical (unpaired) electrons. The fraction of sp³-hybridized carbons (Fsp3) is 0.600. The van der Waals surface area contributed by atoms with Gasteiger partial charge in [-0.3, -0.25) is 10.1 Å². The zero-order chi connectivity index (χ0) is 14.6. The summed E-state index contributed by atoms with van der Waals surface area (Å²) in [6.45, 7) is 6.02. The van der Waals surface area contributed by atoms with Gasteiger partial charge in [-0.15, -0.1) is 0 Å². The quantitative estimate of drug-likeness (QED) is 0.663. The summed E-state index contributed by atoms with van der Waals surface area (Å²) in [4.78, 5) is 13.0. The molecule has 5 nitrogen and oxygen atoms in total. The monoisotopic (exact) mass is 277 g/mol. The highest BCUT2D eigenvalue weighted by Crippen LogP contribution is 2.29. The number of likely N-dealkylation sites (tertiary alicyclic amines) is 1. The van der Waals surface area contributed by atoms with Gasteiger partial charge >= 0.3 is 0 Å². The third-order valence-electron chi connectivity index (χ3n) is 4.25. The van der Waals surface area contributed by atoms with Gasteiger partial charge in [0.05, 0.1) is 4.92 Å². The van der Waals surface area contributed by atoms with Gasteiger partial charge in [0.15, 0.2) is 0 Å². The van der Waals surface area contributed by atoms with Gasteiger partial charge in [0.25, 0.3) is 5.69 Å². The first kappa shape index (κ1) is 14.9. The van der Waals surface area contributed by atoms with Crippen molar-refractivity contribution in [2.24, 2.45) is 5.41 Å². The first-order chi connectivity index (χ1) is 9.50. The van der Waals surface area contributed by atoms with Crippen molar-refractivity contribution >= 4 is 5.69 Å². The molecule has 1 aromatic rings. The fourth-order valence-corrected chi connectivity index (χ4v) is 2.67. The molecule has 0 atom stereocenters. The van der Waals surface area contributed by atoms with E-state index >= 15 is 0 Å². The van der Waals surface area contributed by atoms with Gasteiger partial charge in [-0.05, 0) is 38.4 Å². The van der Waals surface area contributed by atoms with Crippen molar-refractivity contribution in [2.45, 2.75) is 26.3 Å². The summed E-state index contributed by atoms with van der Waals surface area (Å²) in [5.41, 5.74) is 1.26. The van der Waals surface area contributed by atoms with Gasteiger partial charge in [-0.1, -0.05) is 25.1 Å². The van der Waals surface area contributed by atoms with Crippen molar-refractivity contribution in [3.05, 3.63) is 39.9 Å². The molecule has 1 N–H and O–H groups in total. The summed E-state index contributed by atoms with van der Waals surface area (Å²) in [5.74, 6) is 0. The highest BCUT2D eigenvalue weighted by atomic mass is 16.6. The van der Waals surface area contributed by atoms with Crippen molar-refractivity contribution in [1.29, 1.82) is 0 Å². The van der Waals surface area contributed by atoms with Crippen LogP contribution in [0.5, 0.6) is 0 Å². The van der Waals surface area contributed by atoms with Crippen molar-refractivity contribution in [3.8, 4) is 0 Å². The van der Waals surface area contributed by atoms with E-state index in [1.54, 1.807) is 12.1 Å². The van der Waals surface area contributed by atoms with E-state index in [0.29, 0.717) is 12.0 Å². The molecule has 0 amide bonds. The summed E-state index contributed by atoms with van der Waals surface area (Å²) in [6, 6.07) is 6.94. The second-order valence-electron chi connectivity index (χ2n) is 6.10. The van der Waals surface area contributed by atoms with Crippen LogP contribution in [-0.2, 0) is 6.54 Å². The average Bonchev–Trinajstić information content (AvgIpc) is 2.43. The lowest BCUT2D eigenvalue weighted by Gasteiger charge is -2.38. The minimum atomic E-state index is -0.311. The summed E-state index contributed by atoms with van der Waals surface area (Å²) in [5, 5.41) is 14.4. The largest absolute Gasteiger partial charge is 0.312 e. The van der Waals surface area contributed by atoms with Crippen molar-refractivity contribution in [2.75, 3.05) is 26.7 Å². The van der Waals surface area contributed by atoms with E-state index in [0.717, 1.165) is 25.2 Å². The maximum Gasteiger partial charge on any atom is 0.273 e. The van der Waals surface area contributed by atoms with Crippen LogP contribution in [0.2, 0.25) is 0 Å². The lowest BCUT2D eigenvalue weighted by Crippen LogP contribution is -2.41. The first-order valence-corrected chi connectivity index (χ1v) is 7.12. The second-order valence-corrected chi connectivity index (χ2v) is 6.10. The summed E-state index contributed by atoms with van der Waals surface area (Å²) in [6.07, 6.45) is 2.35. The van der Waals surface area contributed by atoms with E-state index < -0.39 is 0 Å². The molecule has 0 aliphatic carbocycles. The topological polar surface area (TPSA) is 58.4 Å². The number of nitrogens with zero attached hydrogens (tertiary/aromatic N) is 2. The number of para-hydroxylation sites is 1. The number of nitrogens with one attached hydrogen (secondary N) is 1. The Morgan fingerprint density at radius 3 is 2.65 bits per heavy atom. The van der Waals surface area contributed by atoms with E-state index in [1.807, 2.05) is 12.1 Å². The summed E-state index contributed by atoms with van der Waals surface area (Å²) < 4.78 is 0. The van der Waals surface area contributed by atoms with Gasteiger partial charge in [0.2, 0.25) is 0 Å². The zero-order valence-electron chi connectivity index (χ0n) is 12.3. The van der Waals surface area contributed by atoms with Crippen LogP contribution in [0.15, 0.2) is 24.3 Å². The number of hydrogen-bond donors (Lipinski definition) is 1. The minimum absolute atomic E-state index is 0.202. The Bertz CT molecular complexity index is 468. The zero-order valence-corrected chi connectivity index (χ0v) is 12.3. The number of nitro groups is 1. The molecule has 1 aliphatic rings. The van der Waals surface area contributed by atoms with Gasteiger partial charge in [-0.25, -0.2) is 0 Å². The van der Waals surface area contributed by atoms with E-state index in [9.17, 15) is 10.1 Å². The molecule has 1 aromatic carbocycles. The highest BCUT2D eigenvalue weighted by molar-refractivity contribution is 5.39. The van der Waals surface area contributed by atoms with Gasteiger partial charge in [0.1, 0.15) is 0 Å². The Balaban J connectivity index is 1.88. The third kappa shape index (κ3) is 3.77. The van der Waals surface area contributed by atoms with Crippen LogP contribution in [0.25, 0.3) is 0 Å². The predicted molar refractivity (Wildman–Crippen MR) is 79.6 cm³/mol. The SMILES string of the molecule is CN1CCC(C)(CNCc2ccccc2[N+](=O)[O-])CC1. The molecule has 20 heavy (non-hydrogen) atoms. The molecule has 0 unspecified atom stereocenters. The average molecular weight is 277 g/mol. The molecule has 0 spiro atoms. The number of hydrogen-bond acceptors (Lipinski definition) is 4.